The van der Waals surface area contributed by atoms with E-state index in [1.165, 1.54) is 29.7 Å². The van der Waals surface area contributed by atoms with Crippen LogP contribution >= 0.6 is 27.3 Å². The first kappa shape index (κ1) is 25.1. The highest BCUT2D eigenvalue weighted by Gasteiger charge is 2.33. The summed E-state index contributed by atoms with van der Waals surface area (Å²) in [5.41, 5.74) is 1.68. The predicted octanol–water partition coefficient (Wildman–Crippen LogP) is 6.55. The zero-order valence-corrected chi connectivity index (χ0v) is 22.0. The van der Waals surface area contributed by atoms with Gasteiger partial charge in [0.2, 0.25) is 0 Å². The van der Waals surface area contributed by atoms with E-state index in [-0.39, 0.29) is 39.3 Å². The number of phenols is 1. The Morgan fingerprint density at radius 3 is 2.86 bits per heavy atom. The number of carbonyl (C=O) groups excluding carboxylic acids is 1. The van der Waals surface area contributed by atoms with Gasteiger partial charge in [-0.2, -0.15) is 0 Å². The van der Waals surface area contributed by atoms with Crippen molar-refractivity contribution in [1.29, 1.82) is 0 Å². The summed E-state index contributed by atoms with van der Waals surface area (Å²) in [6.07, 6.45) is 5.55. The van der Waals surface area contributed by atoms with Crippen molar-refractivity contribution < 1.29 is 19.2 Å². The fourth-order valence-corrected chi connectivity index (χ4v) is 5.97. The number of amides is 1. The molecular formula is C25H26BrN3O5S. The summed E-state index contributed by atoms with van der Waals surface area (Å²) in [7, 11) is 0. The number of thiophene rings is 1. The first-order valence-corrected chi connectivity index (χ1v) is 12.8. The third-order valence-corrected chi connectivity index (χ3v) is 8.08. The molecule has 0 spiro atoms. The molecule has 0 aliphatic heterocycles. The van der Waals surface area contributed by atoms with Gasteiger partial charge in [-0.3, -0.25) is 14.9 Å². The Bertz CT molecular complexity index is 1290. The molecule has 2 aromatic heterocycles. The van der Waals surface area contributed by atoms with Gasteiger partial charge in [0, 0.05) is 28.8 Å². The van der Waals surface area contributed by atoms with Gasteiger partial charge in [-0.15, -0.1) is 11.3 Å². The summed E-state index contributed by atoms with van der Waals surface area (Å²) >= 11 is 4.62. The lowest BCUT2D eigenvalue weighted by Gasteiger charge is -2.33. The Kier molecular flexibility index (Phi) is 7.14. The summed E-state index contributed by atoms with van der Waals surface area (Å²) in [4.78, 5) is 29.7. The molecular weight excluding hydrogens is 534 g/mol. The number of hydrogen-bond acceptors (Lipinski definition) is 7. The number of rotatable bonds is 6. The minimum absolute atomic E-state index is 0.147. The molecule has 1 aliphatic rings. The second-order valence-corrected chi connectivity index (χ2v) is 11.6. The van der Waals surface area contributed by atoms with E-state index in [9.17, 15) is 20.0 Å². The molecule has 8 nitrogen and oxygen atoms in total. The number of nitro benzene ring substituents is 1. The molecule has 0 radical (unpaired) electrons. The van der Waals surface area contributed by atoms with Crippen molar-refractivity contribution in [3.63, 3.8) is 0 Å². The molecule has 1 aliphatic carbocycles. The third-order valence-electron chi connectivity index (χ3n) is 6.31. The lowest BCUT2D eigenvalue weighted by molar-refractivity contribution is -0.385. The van der Waals surface area contributed by atoms with Crippen molar-refractivity contribution in [3.8, 4) is 5.75 Å². The number of furan rings is 1. The molecule has 1 atom stereocenters. The third kappa shape index (κ3) is 5.48. The van der Waals surface area contributed by atoms with E-state index in [1.807, 2.05) is 0 Å². The highest BCUT2D eigenvalue weighted by atomic mass is 79.9. The van der Waals surface area contributed by atoms with Crippen LogP contribution in [0.1, 0.15) is 59.3 Å². The quantitative estimate of drug-likeness (QED) is 0.201. The van der Waals surface area contributed by atoms with E-state index in [0.29, 0.717) is 22.2 Å². The molecule has 3 aromatic rings. The molecule has 4 rings (SSSR count). The highest BCUT2D eigenvalue weighted by molar-refractivity contribution is 9.10. The minimum atomic E-state index is -0.536. The van der Waals surface area contributed by atoms with Crippen LogP contribution < -0.4 is 5.32 Å². The maximum Gasteiger partial charge on any atom is 0.271 e. The van der Waals surface area contributed by atoms with Gasteiger partial charge in [-0.1, -0.05) is 20.8 Å². The molecule has 0 saturated carbocycles. The van der Waals surface area contributed by atoms with Gasteiger partial charge in [0.1, 0.15) is 16.5 Å². The first-order chi connectivity index (χ1) is 16.5. The molecule has 0 unspecified atom stereocenters. The molecule has 1 amide bonds. The monoisotopic (exact) mass is 559 g/mol. The van der Waals surface area contributed by atoms with E-state index >= 15 is 0 Å². The predicted molar refractivity (Wildman–Crippen MR) is 139 cm³/mol. The van der Waals surface area contributed by atoms with Gasteiger partial charge in [-0.05, 0) is 64.2 Å². The molecule has 1 aromatic carbocycles. The van der Waals surface area contributed by atoms with Crippen molar-refractivity contribution in [3.05, 3.63) is 72.4 Å². The van der Waals surface area contributed by atoms with Gasteiger partial charge in [0.25, 0.3) is 11.6 Å². The number of benzene rings is 1. The largest absolute Gasteiger partial charge is 0.506 e. The van der Waals surface area contributed by atoms with Crippen LogP contribution in [0.4, 0.5) is 10.7 Å². The maximum absolute atomic E-state index is 13.3. The van der Waals surface area contributed by atoms with Crippen LogP contribution in [0.25, 0.3) is 0 Å². The number of hydrogen-bond donors (Lipinski definition) is 2. The average Bonchev–Trinajstić information content (AvgIpc) is 3.44. The first-order valence-electron chi connectivity index (χ1n) is 11.2. The number of nitrogens with one attached hydrogen (secondary N) is 1. The molecule has 0 bridgehead atoms. The second-order valence-electron chi connectivity index (χ2n) is 9.63. The number of aromatic hydroxyl groups is 1. The summed E-state index contributed by atoms with van der Waals surface area (Å²) in [6.45, 7) is 6.95. The average molecular weight is 560 g/mol. The molecule has 35 heavy (non-hydrogen) atoms. The lowest BCUT2D eigenvalue weighted by Crippen LogP contribution is -2.28. The van der Waals surface area contributed by atoms with Crippen molar-refractivity contribution in [1.82, 2.24) is 5.32 Å². The summed E-state index contributed by atoms with van der Waals surface area (Å²) in [6, 6.07) is 6.04. The van der Waals surface area contributed by atoms with Gasteiger partial charge in [-0.25, -0.2) is 4.99 Å². The van der Waals surface area contributed by atoms with Crippen molar-refractivity contribution in [2.45, 2.75) is 46.6 Å². The molecule has 0 saturated heterocycles. The fourth-order valence-electron chi connectivity index (χ4n) is 4.24. The number of aliphatic imine (C=N–C) groups is 1. The molecule has 10 heteroatoms. The van der Waals surface area contributed by atoms with Crippen LogP contribution in [0.3, 0.4) is 0 Å². The summed E-state index contributed by atoms with van der Waals surface area (Å²) in [5, 5.41) is 25.1. The van der Waals surface area contributed by atoms with Gasteiger partial charge >= 0.3 is 0 Å². The minimum Gasteiger partial charge on any atom is -0.506 e. The van der Waals surface area contributed by atoms with Crippen LogP contribution in [-0.4, -0.2) is 22.2 Å². The molecule has 0 fully saturated rings. The Morgan fingerprint density at radius 2 is 2.20 bits per heavy atom. The maximum atomic E-state index is 13.3. The van der Waals surface area contributed by atoms with Gasteiger partial charge in [0.05, 0.1) is 27.8 Å². The molecule has 184 valence electrons. The zero-order valence-electron chi connectivity index (χ0n) is 19.6. The molecule has 2 N–H and O–H groups in total. The van der Waals surface area contributed by atoms with Crippen molar-refractivity contribution in [2.75, 3.05) is 0 Å². The second kappa shape index (κ2) is 9.94. The lowest BCUT2D eigenvalue weighted by atomic mass is 9.72. The number of nitro groups is 1. The van der Waals surface area contributed by atoms with Crippen molar-refractivity contribution >= 4 is 50.1 Å². The summed E-state index contributed by atoms with van der Waals surface area (Å²) in [5.74, 6) is 0.731. The zero-order chi connectivity index (χ0) is 25.3. The fraction of sp³-hybridized carbons (Fsp3) is 0.360. The van der Waals surface area contributed by atoms with E-state index in [1.54, 1.807) is 18.4 Å². The van der Waals surface area contributed by atoms with Gasteiger partial charge < -0.3 is 14.8 Å². The van der Waals surface area contributed by atoms with Crippen LogP contribution in [0, 0.1) is 21.4 Å². The number of nitrogens with zero attached hydrogens (tertiary/aromatic N) is 2. The van der Waals surface area contributed by atoms with Crippen LogP contribution in [0.15, 0.2) is 44.4 Å². The smallest absolute Gasteiger partial charge is 0.271 e. The Labute approximate surface area is 215 Å². The van der Waals surface area contributed by atoms with E-state index < -0.39 is 4.92 Å². The van der Waals surface area contributed by atoms with Crippen molar-refractivity contribution in [2.24, 2.45) is 16.3 Å². The SMILES string of the molecule is CC(C)(C)[C@@H]1CCc2c(sc(N=Cc3cc([N+](=O)[O-])cc(Br)c3O)c2C(=O)NCc2ccco2)C1. The van der Waals surface area contributed by atoms with Crippen LogP contribution in [-0.2, 0) is 19.4 Å². The number of phenolic OH excluding ortho intramolecular Hbond substituents is 1. The number of non-ortho nitro benzene ring substituents is 1. The Morgan fingerprint density at radius 1 is 1.43 bits per heavy atom. The van der Waals surface area contributed by atoms with Gasteiger partial charge in [0.15, 0.2) is 0 Å². The van der Waals surface area contributed by atoms with E-state index in [2.05, 4.69) is 47.0 Å². The van der Waals surface area contributed by atoms with E-state index in [0.717, 1.165) is 29.7 Å². The Hall–Kier alpha value is -2.98. The molecule has 2 heterocycles. The topological polar surface area (TPSA) is 118 Å². The highest BCUT2D eigenvalue weighted by Crippen LogP contribution is 2.45. The summed E-state index contributed by atoms with van der Waals surface area (Å²) < 4.78 is 5.52. The number of fused-ring (bicyclic) bond motifs is 1. The Balaban J connectivity index is 1.71. The van der Waals surface area contributed by atoms with E-state index in [4.69, 9.17) is 4.42 Å². The number of carbonyl (C=O) groups is 1. The standard InChI is InChI=1S/C25H26BrN3O5S/c1-25(2,3)15-6-7-18-20(10-15)35-24(21(18)23(31)27-13-17-5-4-8-34-17)28-12-14-9-16(29(32)33)11-19(26)22(14)30/h4-5,8-9,11-12,15,30H,6-7,10,13H2,1-3H3,(H,27,31)/t15-/m1/s1. The van der Waals surface area contributed by atoms with Crippen LogP contribution in [0.5, 0.6) is 5.75 Å². The van der Waals surface area contributed by atoms with Crippen LogP contribution in [0.2, 0.25) is 0 Å². The number of halogens is 1. The normalized spacial score (nSPS) is 15.8.